The molecule has 2 N–H and O–H groups in total. The van der Waals surface area contributed by atoms with Gasteiger partial charge in [-0.05, 0) is 51.3 Å². The van der Waals surface area contributed by atoms with Gasteiger partial charge in [0.2, 0.25) is 0 Å². The van der Waals surface area contributed by atoms with Crippen molar-refractivity contribution < 1.29 is 9.53 Å². The molecule has 0 unspecified atom stereocenters. The lowest BCUT2D eigenvalue weighted by molar-refractivity contribution is 0.0636. The van der Waals surface area contributed by atoms with Crippen molar-refractivity contribution in [1.82, 2.24) is 10.2 Å². The number of nitrogens with zero attached hydrogens (tertiary/aromatic N) is 1. The van der Waals surface area contributed by atoms with Crippen molar-refractivity contribution in [3.05, 3.63) is 29.3 Å². The van der Waals surface area contributed by atoms with Crippen molar-refractivity contribution in [3.8, 4) is 0 Å². The Hall–Kier alpha value is -1.59. The van der Waals surface area contributed by atoms with Gasteiger partial charge in [0.25, 0.3) is 0 Å². The van der Waals surface area contributed by atoms with Crippen molar-refractivity contribution >= 4 is 11.8 Å². The van der Waals surface area contributed by atoms with Crippen LogP contribution in [0, 0.1) is 6.92 Å². The molecule has 23 heavy (non-hydrogen) atoms. The molecule has 0 saturated carbocycles. The van der Waals surface area contributed by atoms with Crippen LogP contribution in [0.2, 0.25) is 0 Å². The van der Waals surface area contributed by atoms with Crippen LogP contribution in [0.1, 0.15) is 31.9 Å². The number of benzene rings is 1. The number of carbonyl (C=O) groups is 1. The summed E-state index contributed by atoms with van der Waals surface area (Å²) < 4.78 is 5.29. The highest BCUT2D eigenvalue weighted by Crippen LogP contribution is 2.18. The van der Waals surface area contributed by atoms with Crippen molar-refractivity contribution in [2.45, 2.75) is 39.7 Å². The molecule has 1 saturated heterocycles. The number of anilines is 1. The predicted molar refractivity (Wildman–Crippen MR) is 94.0 cm³/mol. The van der Waals surface area contributed by atoms with Crippen LogP contribution in [-0.4, -0.2) is 49.3 Å². The van der Waals surface area contributed by atoms with Gasteiger partial charge in [0.1, 0.15) is 5.60 Å². The van der Waals surface area contributed by atoms with Gasteiger partial charge in [0.05, 0.1) is 0 Å². The van der Waals surface area contributed by atoms with E-state index in [1.165, 1.54) is 5.56 Å². The maximum atomic E-state index is 11.9. The SMILES string of the molecule is Cc1cc(CCN2CCNCC2)ccc1NC(=O)OC(C)(C)C. The Morgan fingerprint density at radius 2 is 2.00 bits per heavy atom. The average Bonchev–Trinajstić information content (AvgIpc) is 2.47. The lowest BCUT2D eigenvalue weighted by atomic mass is 10.1. The number of aryl methyl sites for hydroxylation is 1. The fraction of sp³-hybridized carbons (Fsp3) is 0.611. The van der Waals surface area contributed by atoms with Crippen LogP contribution < -0.4 is 10.6 Å². The van der Waals surface area contributed by atoms with Gasteiger partial charge in [-0.15, -0.1) is 0 Å². The quantitative estimate of drug-likeness (QED) is 0.896. The van der Waals surface area contributed by atoms with Crippen molar-refractivity contribution in [3.63, 3.8) is 0 Å². The van der Waals surface area contributed by atoms with E-state index in [9.17, 15) is 4.79 Å². The third-order valence-corrected chi connectivity index (χ3v) is 3.85. The Morgan fingerprint density at radius 1 is 1.30 bits per heavy atom. The standard InChI is InChI=1S/C18H29N3O2/c1-14-13-15(7-10-21-11-8-19-9-12-21)5-6-16(14)20-17(22)23-18(2,3)4/h5-6,13,19H,7-12H2,1-4H3,(H,20,22). The largest absolute Gasteiger partial charge is 0.444 e. The van der Waals surface area contributed by atoms with Gasteiger partial charge >= 0.3 is 6.09 Å². The lowest BCUT2D eigenvalue weighted by Crippen LogP contribution is -2.44. The summed E-state index contributed by atoms with van der Waals surface area (Å²) in [5.41, 5.74) is 2.69. The van der Waals surface area contributed by atoms with Gasteiger partial charge in [-0.1, -0.05) is 12.1 Å². The van der Waals surface area contributed by atoms with Gasteiger partial charge in [-0.2, -0.15) is 0 Å². The summed E-state index contributed by atoms with van der Waals surface area (Å²) in [4.78, 5) is 14.3. The molecule has 0 aliphatic carbocycles. The van der Waals surface area contributed by atoms with Gasteiger partial charge in [-0.3, -0.25) is 5.32 Å². The van der Waals surface area contributed by atoms with Gasteiger partial charge in [0.15, 0.2) is 0 Å². The van der Waals surface area contributed by atoms with Crippen molar-refractivity contribution in [2.24, 2.45) is 0 Å². The molecule has 1 aliphatic rings. The summed E-state index contributed by atoms with van der Waals surface area (Å²) in [6.45, 7) is 13.1. The number of ether oxygens (including phenoxy) is 1. The van der Waals surface area contributed by atoms with Crippen LogP contribution >= 0.6 is 0 Å². The average molecular weight is 319 g/mol. The van der Waals surface area contributed by atoms with E-state index < -0.39 is 11.7 Å². The molecular formula is C18H29N3O2. The summed E-state index contributed by atoms with van der Waals surface area (Å²) in [6, 6.07) is 6.20. The molecule has 1 aromatic carbocycles. The number of rotatable bonds is 4. The number of amides is 1. The van der Waals surface area contributed by atoms with E-state index >= 15 is 0 Å². The third-order valence-electron chi connectivity index (χ3n) is 3.85. The molecule has 1 fully saturated rings. The van der Waals surface area contributed by atoms with Crippen LogP contribution in [0.3, 0.4) is 0 Å². The van der Waals surface area contributed by atoms with Crippen molar-refractivity contribution in [1.29, 1.82) is 0 Å². The summed E-state index contributed by atoms with van der Waals surface area (Å²) >= 11 is 0. The first kappa shape index (κ1) is 17.8. The third kappa shape index (κ3) is 6.20. The van der Waals surface area contributed by atoms with Gasteiger partial charge in [-0.25, -0.2) is 4.79 Å². The molecule has 0 spiro atoms. The first-order chi connectivity index (χ1) is 10.8. The second-order valence-electron chi connectivity index (χ2n) is 7.12. The molecule has 2 rings (SSSR count). The van der Waals surface area contributed by atoms with E-state index in [4.69, 9.17) is 4.74 Å². The molecule has 0 radical (unpaired) electrons. The maximum Gasteiger partial charge on any atom is 0.412 e. The van der Waals surface area contributed by atoms with E-state index in [0.29, 0.717) is 0 Å². The number of hydrogen-bond acceptors (Lipinski definition) is 4. The zero-order valence-electron chi connectivity index (χ0n) is 14.7. The van der Waals surface area contributed by atoms with E-state index in [2.05, 4.69) is 27.7 Å². The second-order valence-corrected chi connectivity index (χ2v) is 7.12. The number of carbonyl (C=O) groups excluding carboxylic acids is 1. The molecule has 5 heteroatoms. The molecule has 1 heterocycles. The molecule has 0 atom stereocenters. The smallest absolute Gasteiger partial charge is 0.412 e. The summed E-state index contributed by atoms with van der Waals surface area (Å²) in [6.07, 6.45) is 0.627. The first-order valence-corrected chi connectivity index (χ1v) is 8.36. The van der Waals surface area contributed by atoms with Crippen LogP contribution in [0.25, 0.3) is 0 Å². The Kier molecular flexibility index (Phi) is 6.02. The highest BCUT2D eigenvalue weighted by molar-refractivity contribution is 5.85. The fourth-order valence-corrected chi connectivity index (χ4v) is 2.66. The molecule has 1 aliphatic heterocycles. The van der Waals surface area contributed by atoms with Gasteiger partial charge < -0.3 is 15.0 Å². The van der Waals surface area contributed by atoms with Crippen LogP contribution in [0.5, 0.6) is 0 Å². The molecule has 128 valence electrons. The van der Waals surface area contributed by atoms with Gasteiger partial charge in [0, 0.05) is 38.4 Å². The van der Waals surface area contributed by atoms with Crippen LogP contribution in [0.15, 0.2) is 18.2 Å². The molecule has 0 bridgehead atoms. The van der Waals surface area contributed by atoms with Crippen molar-refractivity contribution in [2.75, 3.05) is 38.0 Å². The summed E-state index contributed by atoms with van der Waals surface area (Å²) in [7, 11) is 0. The van der Waals surface area contributed by atoms with E-state index in [1.807, 2.05) is 33.8 Å². The first-order valence-electron chi connectivity index (χ1n) is 8.36. The predicted octanol–water partition coefficient (Wildman–Crippen LogP) is 2.79. The zero-order valence-corrected chi connectivity index (χ0v) is 14.7. The monoisotopic (exact) mass is 319 g/mol. The summed E-state index contributed by atoms with van der Waals surface area (Å²) in [5, 5.41) is 6.19. The topological polar surface area (TPSA) is 53.6 Å². The molecule has 1 aromatic rings. The second kappa shape index (κ2) is 7.79. The number of hydrogen-bond donors (Lipinski definition) is 2. The maximum absolute atomic E-state index is 11.9. The highest BCUT2D eigenvalue weighted by Gasteiger charge is 2.17. The molecule has 0 aromatic heterocycles. The summed E-state index contributed by atoms with van der Waals surface area (Å²) in [5.74, 6) is 0. The van der Waals surface area contributed by atoms with E-state index in [0.717, 1.165) is 50.4 Å². The number of nitrogens with one attached hydrogen (secondary N) is 2. The minimum atomic E-state index is -0.485. The Labute approximate surface area is 139 Å². The number of piperazine rings is 1. The molecular weight excluding hydrogens is 290 g/mol. The highest BCUT2D eigenvalue weighted by atomic mass is 16.6. The molecule has 1 amide bonds. The Morgan fingerprint density at radius 3 is 2.61 bits per heavy atom. The van der Waals surface area contributed by atoms with E-state index in [-0.39, 0.29) is 0 Å². The Bertz CT molecular complexity index is 532. The zero-order chi connectivity index (χ0) is 16.9. The van der Waals surface area contributed by atoms with E-state index in [1.54, 1.807) is 0 Å². The van der Waals surface area contributed by atoms with Crippen LogP contribution in [0.4, 0.5) is 10.5 Å². The normalized spacial score (nSPS) is 16.2. The minimum Gasteiger partial charge on any atom is -0.444 e. The fourth-order valence-electron chi connectivity index (χ4n) is 2.66. The van der Waals surface area contributed by atoms with Crippen LogP contribution in [-0.2, 0) is 11.2 Å². The Balaban J connectivity index is 1.88. The minimum absolute atomic E-state index is 0.408. The lowest BCUT2D eigenvalue weighted by Gasteiger charge is -2.27. The molecule has 5 nitrogen and oxygen atoms in total.